The molecule has 2 heterocycles. The van der Waals surface area contributed by atoms with Crippen LogP contribution in [0.3, 0.4) is 0 Å². The average molecular weight is 343 g/mol. The van der Waals surface area contributed by atoms with Crippen LogP contribution in [0.25, 0.3) is 0 Å². The Bertz CT molecular complexity index is 560. The number of rotatable bonds is 5. The fraction of sp³-hybridized carbons (Fsp3) is 0.682. The smallest absolute Gasteiger partial charge is 0.222 e. The minimum atomic E-state index is 0.341. The molecule has 0 saturated carbocycles. The van der Waals surface area contributed by atoms with Gasteiger partial charge in [0.2, 0.25) is 5.91 Å². The average Bonchev–Trinajstić information content (AvgIpc) is 3.00. The molecule has 2 aliphatic heterocycles. The van der Waals surface area contributed by atoms with E-state index in [0.717, 1.165) is 19.6 Å². The van der Waals surface area contributed by atoms with Gasteiger partial charge in [-0.05, 0) is 50.3 Å². The van der Waals surface area contributed by atoms with Crippen LogP contribution in [0.5, 0.6) is 0 Å². The summed E-state index contributed by atoms with van der Waals surface area (Å²) in [5, 5.41) is 0. The zero-order valence-electron chi connectivity index (χ0n) is 16.2. The number of aryl methyl sites for hydroxylation is 1. The fourth-order valence-corrected chi connectivity index (χ4v) is 4.40. The molecule has 2 fully saturated rings. The molecule has 0 N–H and O–H groups in total. The van der Waals surface area contributed by atoms with E-state index in [1.165, 1.54) is 43.5 Å². The molecule has 1 amide bonds. The van der Waals surface area contributed by atoms with Gasteiger partial charge in [0.1, 0.15) is 0 Å². The first-order chi connectivity index (χ1) is 12.0. The Kier molecular flexibility index (Phi) is 6.16. The first kappa shape index (κ1) is 18.4. The van der Waals surface area contributed by atoms with Crippen LogP contribution in [0.1, 0.15) is 56.6 Å². The standard InChI is InChI=1S/C22H34N2O/c1-17(2)13-22(25)24-15-20(14-23-11-5-4-6-12-23)21(16-24)19-9-7-18(3)8-10-19/h7-10,17,20-21H,4-6,11-16H2,1-3H3/t20-,21-/m0/s1. The Labute approximate surface area is 153 Å². The van der Waals surface area contributed by atoms with Crippen molar-refractivity contribution in [1.82, 2.24) is 9.80 Å². The normalized spacial score (nSPS) is 24.9. The van der Waals surface area contributed by atoms with E-state index in [9.17, 15) is 4.79 Å². The summed E-state index contributed by atoms with van der Waals surface area (Å²) in [6.45, 7) is 11.8. The molecule has 0 spiro atoms. The van der Waals surface area contributed by atoms with Crippen LogP contribution < -0.4 is 0 Å². The highest BCUT2D eigenvalue weighted by molar-refractivity contribution is 5.76. The van der Waals surface area contributed by atoms with Crippen LogP contribution in [0, 0.1) is 18.8 Å². The molecule has 2 saturated heterocycles. The lowest BCUT2D eigenvalue weighted by molar-refractivity contribution is -0.131. The van der Waals surface area contributed by atoms with Crippen molar-refractivity contribution in [2.45, 2.75) is 52.4 Å². The maximum atomic E-state index is 12.6. The van der Waals surface area contributed by atoms with Gasteiger partial charge in [0.25, 0.3) is 0 Å². The van der Waals surface area contributed by atoms with Gasteiger partial charge in [-0.3, -0.25) is 4.79 Å². The highest BCUT2D eigenvalue weighted by Crippen LogP contribution is 2.34. The summed E-state index contributed by atoms with van der Waals surface area (Å²) in [5.41, 5.74) is 2.72. The minimum absolute atomic E-state index is 0.341. The molecule has 1 aromatic carbocycles. The van der Waals surface area contributed by atoms with E-state index in [4.69, 9.17) is 0 Å². The second-order valence-corrected chi connectivity index (χ2v) is 8.54. The summed E-state index contributed by atoms with van der Waals surface area (Å²) < 4.78 is 0. The highest BCUT2D eigenvalue weighted by atomic mass is 16.2. The third-order valence-corrected chi connectivity index (χ3v) is 5.82. The minimum Gasteiger partial charge on any atom is -0.342 e. The first-order valence-electron chi connectivity index (χ1n) is 10.1. The molecule has 138 valence electrons. The molecule has 0 aliphatic carbocycles. The number of carbonyl (C=O) groups is 1. The van der Waals surface area contributed by atoms with Crippen LogP contribution in [0.2, 0.25) is 0 Å². The molecule has 0 bridgehead atoms. The van der Waals surface area contributed by atoms with Gasteiger partial charge in [0.05, 0.1) is 0 Å². The van der Waals surface area contributed by atoms with Crippen LogP contribution in [0.4, 0.5) is 0 Å². The van der Waals surface area contributed by atoms with Gasteiger partial charge in [-0.2, -0.15) is 0 Å². The van der Waals surface area contributed by atoms with Gasteiger partial charge in [-0.1, -0.05) is 50.1 Å². The van der Waals surface area contributed by atoms with E-state index >= 15 is 0 Å². The number of hydrogen-bond donors (Lipinski definition) is 0. The highest BCUT2D eigenvalue weighted by Gasteiger charge is 2.37. The van der Waals surface area contributed by atoms with Gasteiger partial charge in [0.15, 0.2) is 0 Å². The lowest BCUT2D eigenvalue weighted by Crippen LogP contribution is -2.37. The second kappa shape index (κ2) is 8.35. The SMILES string of the molecule is Cc1ccc([C@@H]2CN(C(=O)CC(C)C)C[C@@H]2CN2CCCCC2)cc1. The van der Waals surface area contributed by atoms with Crippen molar-refractivity contribution in [2.75, 3.05) is 32.7 Å². The number of nitrogens with zero attached hydrogens (tertiary/aromatic N) is 2. The molecule has 1 aromatic rings. The number of benzene rings is 1. The number of likely N-dealkylation sites (tertiary alicyclic amines) is 2. The molecule has 0 unspecified atom stereocenters. The quantitative estimate of drug-likeness (QED) is 0.805. The molecule has 0 radical (unpaired) electrons. The molecule has 3 rings (SSSR count). The third kappa shape index (κ3) is 4.84. The van der Waals surface area contributed by atoms with Crippen molar-refractivity contribution in [3.05, 3.63) is 35.4 Å². The van der Waals surface area contributed by atoms with Crippen LogP contribution in [-0.4, -0.2) is 48.4 Å². The van der Waals surface area contributed by atoms with E-state index in [1.807, 2.05) is 0 Å². The van der Waals surface area contributed by atoms with Crippen molar-refractivity contribution in [2.24, 2.45) is 11.8 Å². The van der Waals surface area contributed by atoms with Crippen molar-refractivity contribution in [3.63, 3.8) is 0 Å². The molecule has 25 heavy (non-hydrogen) atoms. The Morgan fingerprint density at radius 3 is 2.40 bits per heavy atom. The second-order valence-electron chi connectivity index (χ2n) is 8.54. The number of hydrogen-bond acceptors (Lipinski definition) is 2. The molecule has 2 atom stereocenters. The van der Waals surface area contributed by atoms with E-state index in [1.54, 1.807) is 0 Å². The summed E-state index contributed by atoms with van der Waals surface area (Å²) >= 11 is 0. The summed E-state index contributed by atoms with van der Waals surface area (Å²) in [6.07, 6.45) is 4.72. The van der Waals surface area contributed by atoms with Crippen LogP contribution in [-0.2, 0) is 4.79 Å². The molecule has 3 nitrogen and oxygen atoms in total. The molecular weight excluding hydrogens is 308 g/mol. The summed E-state index contributed by atoms with van der Waals surface area (Å²) in [5.74, 6) is 1.83. The number of amides is 1. The fourth-order valence-electron chi connectivity index (χ4n) is 4.40. The van der Waals surface area contributed by atoms with Crippen LogP contribution in [0.15, 0.2) is 24.3 Å². The lowest BCUT2D eigenvalue weighted by Gasteiger charge is -2.31. The Balaban J connectivity index is 1.73. The van der Waals surface area contributed by atoms with Gasteiger partial charge < -0.3 is 9.80 Å². The maximum Gasteiger partial charge on any atom is 0.222 e. The summed E-state index contributed by atoms with van der Waals surface area (Å²) in [6, 6.07) is 8.98. The van der Waals surface area contributed by atoms with Crippen molar-refractivity contribution in [1.29, 1.82) is 0 Å². The van der Waals surface area contributed by atoms with Crippen LogP contribution >= 0.6 is 0 Å². The predicted octanol–water partition coefficient (Wildman–Crippen LogP) is 4.07. The van der Waals surface area contributed by atoms with Crippen molar-refractivity contribution >= 4 is 5.91 Å². The zero-order chi connectivity index (χ0) is 17.8. The largest absolute Gasteiger partial charge is 0.342 e. The number of carbonyl (C=O) groups excluding carboxylic acids is 1. The van der Waals surface area contributed by atoms with Gasteiger partial charge in [-0.15, -0.1) is 0 Å². The summed E-state index contributed by atoms with van der Waals surface area (Å²) in [4.78, 5) is 17.4. The maximum absolute atomic E-state index is 12.6. The van der Waals surface area contributed by atoms with E-state index in [2.05, 4.69) is 54.8 Å². The topological polar surface area (TPSA) is 23.6 Å². The van der Waals surface area contributed by atoms with Crippen molar-refractivity contribution in [3.8, 4) is 0 Å². The van der Waals surface area contributed by atoms with E-state index in [0.29, 0.717) is 30.1 Å². The molecular formula is C22H34N2O. The lowest BCUT2D eigenvalue weighted by atomic mass is 9.88. The monoisotopic (exact) mass is 342 g/mol. The first-order valence-corrected chi connectivity index (χ1v) is 10.1. The Morgan fingerprint density at radius 2 is 1.76 bits per heavy atom. The molecule has 0 aromatic heterocycles. The summed E-state index contributed by atoms with van der Waals surface area (Å²) in [7, 11) is 0. The number of piperidine rings is 1. The van der Waals surface area contributed by atoms with Crippen molar-refractivity contribution < 1.29 is 4.79 Å². The zero-order valence-corrected chi connectivity index (χ0v) is 16.2. The Hall–Kier alpha value is -1.35. The van der Waals surface area contributed by atoms with Gasteiger partial charge in [0, 0.05) is 32.0 Å². The van der Waals surface area contributed by atoms with E-state index < -0.39 is 0 Å². The third-order valence-electron chi connectivity index (χ3n) is 5.82. The molecule has 2 aliphatic rings. The molecule has 3 heteroatoms. The predicted molar refractivity (Wildman–Crippen MR) is 104 cm³/mol. The Morgan fingerprint density at radius 1 is 1.08 bits per heavy atom. The van der Waals surface area contributed by atoms with Gasteiger partial charge >= 0.3 is 0 Å². The van der Waals surface area contributed by atoms with Gasteiger partial charge in [-0.25, -0.2) is 0 Å². The van der Waals surface area contributed by atoms with E-state index in [-0.39, 0.29) is 0 Å².